The van der Waals surface area contributed by atoms with Crippen molar-refractivity contribution in [1.29, 1.82) is 0 Å². The van der Waals surface area contributed by atoms with E-state index in [-0.39, 0.29) is 36.6 Å². The largest absolute Gasteiger partial charge is 0.353 e. The molecule has 0 spiro atoms. The fourth-order valence-electron chi connectivity index (χ4n) is 3.47. The summed E-state index contributed by atoms with van der Waals surface area (Å²) in [6.07, 6.45) is 4.29. The lowest BCUT2D eigenvalue weighted by molar-refractivity contribution is -0.126. The second-order valence-electron chi connectivity index (χ2n) is 6.59. The molecule has 1 aromatic carbocycles. The Balaban J connectivity index is 0.00000144. The van der Waals surface area contributed by atoms with E-state index in [0.717, 1.165) is 58.4 Å². The topological polar surface area (TPSA) is 44.4 Å². The average molecular weight is 374 g/mol. The van der Waals surface area contributed by atoms with Crippen LogP contribution in [0.25, 0.3) is 0 Å². The van der Waals surface area contributed by atoms with E-state index in [9.17, 15) is 4.79 Å². The summed E-state index contributed by atoms with van der Waals surface area (Å²) in [6.45, 7) is 5.07. The van der Waals surface area contributed by atoms with Gasteiger partial charge in [-0.15, -0.1) is 24.8 Å². The van der Waals surface area contributed by atoms with Gasteiger partial charge in [0.25, 0.3) is 0 Å². The standard InChI is InChI=1S/C18H27N3O.2ClH/c22-18(16-7-4-10-19-13-16)20-17-8-11-21(12-9-17)14-15-5-2-1-3-6-15;;/h1-3,5-6,16-17,19H,4,7-14H2,(H,20,22);2*1H. The first-order chi connectivity index (χ1) is 10.8. The third-order valence-corrected chi connectivity index (χ3v) is 4.85. The smallest absolute Gasteiger partial charge is 0.224 e. The van der Waals surface area contributed by atoms with Crippen molar-refractivity contribution >= 4 is 30.7 Å². The number of halogens is 2. The number of hydrogen-bond donors (Lipinski definition) is 2. The minimum Gasteiger partial charge on any atom is -0.353 e. The molecule has 1 aromatic rings. The summed E-state index contributed by atoms with van der Waals surface area (Å²) in [6, 6.07) is 11.0. The van der Waals surface area contributed by atoms with Crippen LogP contribution in [0.4, 0.5) is 0 Å². The summed E-state index contributed by atoms with van der Waals surface area (Å²) in [5.74, 6) is 0.435. The van der Waals surface area contributed by atoms with Crippen LogP contribution in [0.1, 0.15) is 31.2 Å². The first-order valence-corrected chi connectivity index (χ1v) is 8.58. The van der Waals surface area contributed by atoms with Crippen molar-refractivity contribution in [2.75, 3.05) is 26.2 Å². The number of hydrogen-bond acceptors (Lipinski definition) is 3. The van der Waals surface area contributed by atoms with Crippen molar-refractivity contribution in [1.82, 2.24) is 15.5 Å². The molecule has 1 atom stereocenters. The third kappa shape index (κ3) is 6.25. The summed E-state index contributed by atoms with van der Waals surface area (Å²) in [5.41, 5.74) is 1.37. The molecule has 2 fully saturated rings. The van der Waals surface area contributed by atoms with E-state index < -0.39 is 0 Å². The second-order valence-corrected chi connectivity index (χ2v) is 6.59. The van der Waals surface area contributed by atoms with Gasteiger partial charge < -0.3 is 10.6 Å². The SMILES string of the molecule is Cl.Cl.O=C(NC1CCN(Cc2ccccc2)CC1)C1CCCNC1. The van der Waals surface area contributed by atoms with E-state index in [4.69, 9.17) is 0 Å². The Morgan fingerprint density at radius 1 is 1.12 bits per heavy atom. The molecule has 24 heavy (non-hydrogen) atoms. The van der Waals surface area contributed by atoms with Gasteiger partial charge in [-0.25, -0.2) is 0 Å². The summed E-state index contributed by atoms with van der Waals surface area (Å²) < 4.78 is 0. The zero-order valence-electron chi connectivity index (χ0n) is 14.1. The molecule has 2 saturated heterocycles. The Morgan fingerprint density at radius 3 is 2.46 bits per heavy atom. The molecule has 6 heteroatoms. The molecule has 0 aromatic heterocycles. The Morgan fingerprint density at radius 2 is 1.83 bits per heavy atom. The Labute approximate surface area is 157 Å². The summed E-state index contributed by atoms with van der Waals surface area (Å²) >= 11 is 0. The minimum atomic E-state index is 0. The molecule has 1 amide bonds. The number of benzene rings is 1. The lowest BCUT2D eigenvalue weighted by Crippen LogP contribution is -2.48. The van der Waals surface area contributed by atoms with E-state index in [2.05, 4.69) is 45.9 Å². The number of nitrogens with zero attached hydrogens (tertiary/aromatic N) is 1. The molecular formula is C18H29Cl2N3O. The number of likely N-dealkylation sites (tertiary alicyclic amines) is 1. The van der Waals surface area contributed by atoms with Gasteiger partial charge in [0.2, 0.25) is 5.91 Å². The second kappa shape index (κ2) is 10.9. The van der Waals surface area contributed by atoms with Gasteiger partial charge in [-0.05, 0) is 37.8 Å². The van der Waals surface area contributed by atoms with Crippen molar-refractivity contribution in [3.05, 3.63) is 35.9 Å². The molecule has 0 bridgehead atoms. The highest BCUT2D eigenvalue weighted by atomic mass is 35.5. The first-order valence-electron chi connectivity index (χ1n) is 8.58. The molecule has 0 aliphatic carbocycles. The van der Waals surface area contributed by atoms with Gasteiger partial charge in [0.1, 0.15) is 0 Å². The molecule has 0 radical (unpaired) electrons. The van der Waals surface area contributed by atoms with Crippen LogP contribution in [0, 0.1) is 5.92 Å². The van der Waals surface area contributed by atoms with Crippen LogP contribution in [0.2, 0.25) is 0 Å². The van der Waals surface area contributed by atoms with E-state index >= 15 is 0 Å². The number of rotatable bonds is 4. The summed E-state index contributed by atoms with van der Waals surface area (Å²) in [4.78, 5) is 14.8. The molecule has 3 rings (SSSR count). The molecule has 4 nitrogen and oxygen atoms in total. The van der Waals surface area contributed by atoms with Crippen molar-refractivity contribution < 1.29 is 4.79 Å². The maximum absolute atomic E-state index is 12.3. The average Bonchev–Trinajstić information content (AvgIpc) is 2.58. The van der Waals surface area contributed by atoms with Crippen molar-refractivity contribution in [2.45, 2.75) is 38.3 Å². The zero-order chi connectivity index (χ0) is 15.2. The number of nitrogens with one attached hydrogen (secondary N) is 2. The highest BCUT2D eigenvalue weighted by Gasteiger charge is 2.25. The molecule has 0 saturated carbocycles. The first kappa shape index (κ1) is 21.2. The van der Waals surface area contributed by atoms with E-state index in [1.807, 2.05) is 0 Å². The lowest BCUT2D eigenvalue weighted by atomic mass is 9.97. The fourth-order valence-corrected chi connectivity index (χ4v) is 3.47. The summed E-state index contributed by atoms with van der Waals surface area (Å²) in [7, 11) is 0. The van der Waals surface area contributed by atoms with Crippen molar-refractivity contribution in [3.8, 4) is 0 Å². The number of piperidine rings is 2. The van der Waals surface area contributed by atoms with E-state index in [0.29, 0.717) is 6.04 Å². The van der Waals surface area contributed by atoms with Crippen LogP contribution in [0.3, 0.4) is 0 Å². The molecule has 2 aliphatic heterocycles. The monoisotopic (exact) mass is 373 g/mol. The maximum Gasteiger partial charge on any atom is 0.224 e. The van der Waals surface area contributed by atoms with Crippen LogP contribution in [-0.4, -0.2) is 43.0 Å². The minimum absolute atomic E-state index is 0. The van der Waals surface area contributed by atoms with Gasteiger partial charge in [-0.3, -0.25) is 9.69 Å². The normalized spacial score (nSPS) is 22.1. The maximum atomic E-state index is 12.3. The predicted octanol–water partition coefficient (Wildman–Crippen LogP) is 2.61. The van der Waals surface area contributed by atoms with E-state index in [1.165, 1.54) is 5.56 Å². The molecule has 2 aliphatic rings. The molecule has 2 heterocycles. The van der Waals surface area contributed by atoms with Crippen LogP contribution < -0.4 is 10.6 Å². The van der Waals surface area contributed by atoms with Crippen LogP contribution in [0.5, 0.6) is 0 Å². The molecule has 1 unspecified atom stereocenters. The summed E-state index contributed by atoms with van der Waals surface area (Å²) in [5, 5.41) is 6.59. The van der Waals surface area contributed by atoms with Gasteiger partial charge in [0.05, 0.1) is 5.92 Å². The van der Waals surface area contributed by atoms with Crippen LogP contribution in [0.15, 0.2) is 30.3 Å². The highest BCUT2D eigenvalue weighted by Crippen LogP contribution is 2.16. The lowest BCUT2D eigenvalue weighted by Gasteiger charge is -2.33. The molecular weight excluding hydrogens is 345 g/mol. The van der Waals surface area contributed by atoms with E-state index in [1.54, 1.807) is 0 Å². The third-order valence-electron chi connectivity index (χ3n) is 4.85. The Hall–Kier alpha value is -0.810. The van der Waals surface area contributed by atoms with Gasteiger partial charge >= 0.3 is 0 Å². The van der Waals surface area contributed by atoms with Crippen LogP contribution in [-0.2, 0) is 11.3 Å². The fraction of sp³-hybridized carbons (Fsp3) is 0.611. The quantitative estimate of drug-likeness (QED) is 0.852. The van der Waals surface area contributed by atoms with Gasteiger partial charge in [0, 0.05) is 32.2 Å². The van der Waals surface area contributed by atoms with Gasteiger partial charge in [-0.2, -0.15) is 0 Å². The predicted molar refractivity (Wildman–Crippen MR) is 103 cm³/mol. The molecule has 136 valence electrons. The number of carbonyl (C=O) groups excluding carboxylic acids is 1. The van der Waals surface area contributed by atoms with Gasteiger partial charge in [0.15, 0.2) is 0 Å². The van der Waals surface area contributed by atoms with Gasteiger partial charge in [-0.1, -0.05) is 30.3 Å². The Kier molecular flexibility index (Phi) is 9.67. The van der Waals surface area contributed by atoms with Crippen molar-refractivity contribution in [3.63, 3.8) is 0 Å². The number of carbonyl (C=O) groups is 1. The highest BCUT2D eigenvalue weighted by molar-refractivity contribution is 5.85. The van der Waals surface area contributed by atoms with Crippen LogP contribution >= 0.6 is 24.8 Å². The zero-order valence-corrected chi connectivity index (χ0v) is 15.7. The number of amides is 1. The molecule has 2 N–H and O–H groups in total. The van der Waals surface area contributed by atoms with Crippen molar-refractivity contribution in [2.24, 2.45) is 5.92 Å². The Bertz CT molecular complexity index is 472.